The van der Waals surface area contributed by atoms with Gasteiger partial charge in [0.1, 0.15) is 11.6 Å². The highest BCUT2D eigenvalue weighted by molar-refractivity contribution is 6.54. The van der Waals surface area contributed by atoms with Crippen molar-refractivity contribution < 1.29 is 9.68 Å². The van der Waals surface area contributed by atoms with E-state index in [0.717, 1.165) is 53.8 Å². The van der Waals surface area contributed by atoms with Gasteiger partial charge >= 0.3 is 7.12 Å². The molecule has 0 bridgehead atoms. The van der Waals surface area contributed by atoms with E-state index >= 15 is 0 Å². The third-order valence-corrected chi connectivity index (χ3v) is 5.50. The molecule has 2 heterocycles. The molecule has 0 radical (unpaired) electrons. The van der Waals surface area contributed by atoms with Gasteiger partial charge in [0.2, 0.25) is 5.95 Å². The van der Waals surface area contributed by atoms with Gasteiger partial charge in [0.05, 0.1) is 12.0 Å². The van der Waals surface area contributed by atoms with Crippen LogP contribution in [0.4, 0.5) is 17.5 Å². The Balaban J connectivity index is 1.53. The lowest BCUT2D eigenvalue weighted by atomic mass is 9.76. The smallest absolute Gasteiger partial charge is 0.532 e. The number of nitrogens with one attached hydrogen (secondary N) is 2. The number of fused-ring (bicyclic) bond motifs is 1. The summed E-state index contributed by atoms with van der Waals surface area (Å²) >= 11 is 0. The van der Waals surface area contributed by atoms with E-state index < -0.39 is 7.12 Å². The Hall–Kier alpha value is -3.05. The number of aryl methyl sites for hydroxylation is 1. The van der Waals surface area contributed by atoms with Crippen molar-refractivity contribution in [2.45, 2.75) is 45.6 Å². The number of nitrogens with zero attached hydrogens (tertiary/aromatic N) is 3. The lowest BCUT2D eigenvalue weighted by Gasteiger charge is -2.28. The van der Waals surface area contributed by atoms with Gasteiger partial charge in [0.15, 0.2) is 0 Å². The lowest BCUT2D eigenvalue weighted by Crippen LogP contribution is -2.32. The number of anilines is 3. The van der Waals surface area contributed by atoms with Gasteiger partial charge in [-0.2, -0.15) is 10.2 Å². The highest BCUT2D eigenvalue weighted by Gasteiger charge is 2.26. The zero-order chi connectivity index (χ0) is 20.4. The van der Waals surface area contributed by atoms with E-state index in [1.807, 2.05) is 38.1 Å². The van der Waals surface area contributed by atoms with Crippen molar-refractivity contribution in [2.75, 3.05) is 10.6 Å². The van der Waals surface area contributed by atoms with Gasteiger partial charge in [-0.1, -0.05) is 18.9 Å². The van der Waals surface area contributed by atoms with E-state index in [2.05, 4.69) is 26.7 Å². The van der Waals surface area contributed by atoms with Crippen molar-refractivity contribution in [1.29, 1.82) is 5.26 Å². The molecule has 0 amide bonds. The number of hydrogen-bond acceptors (Lipinski definition) is 7. The number of benzene rings is 1. The number of hydrogen-bond donors (Lipinski definition) is 3. The molecule has 0 saturated heterocycles. The summed E-state index contributed by atoms with van der Waals surface area (Å²) in [6.07, 6.45) is 7.84. The van der Waals surface area contributed by atoms with Gasteiger partial charge in [-0.05, 0) is 50.4 Å². The average molecular weight is 389 g/mol. The Morgan fingerprint density at radius 1 is 1.28 bits per heavy atom. The van der Waals surface area contributed by atoms with Gasteiger partial charge in [0, 0.05) is 29.1 Å². The third kappa shape index (κ3) is 4.20. The van der Waals surface area contributed by atoms with Crippen molar-refractivity contribution in [3.8, 4) is 11.8 Å². The molecular formula is C21H24BN5O2. The van der Waals surface area contributed by atoms with Crippen LogP contribution in [0.15, 0.2) is 29.9 Å². The second-order valence-electron chi connectivity index (χ2n) is 7.73. The molecule has 2 aromatic rings. The summed E-state index contributed by atoms with van der Waals surface area (Å²) in [6.45, 7) is 3.79. The predicted molar refractivity (Wildman–Crippen MR) is 114 cm³/mol. The van der Waals surface area contributed by atoms with Crippen molar-refractivity contribution in [2.24, 2.45) is 5.92 Å². The quantitative estimate of drug-likeness (QED) is 0.683. The number of allylic oxidation sites excluding steroid dienone is 1. The van der Waals surface area contributed by atoms with Crippen LogP contribution in [0.25, 0.3) is 6.08 Å². The van der Waals surface area contributed by atoms with E-state index in [0.29, 0.717) is 11.7 Å². The van der Waals surface area contributed by atoms with E-state index in [-0.39, 0.29) is 12.0 Å². The molecule has 2 unspecified atom stereocenters. The molecule has 1 aromatic carbocycles. The summed E-state index contributed by atoms with van der Waals surface area (Å²) in [7, 11) is -0.896. The van der Waals surface area contributed by atoms with E-state index in [9.17, 15) is 10.3 Å². The van der Waals surface area contributed by atoms with Crippen molar-refractivity contribution in [1.82, 2.24) is 9.97 Å². The second kappa shape index (κ2) is 8.14. The van der Waals surface area contributed by atoms with Crippen LogP contribution in [0.5, 0.6) is 5.75 Å². The molecule has 2 atom stereocenters. The van der Waals surface area contributed by atoms with Gasteiger partial charge in [-0.3, -0.25) is 0 Å². The van der Waals surface area contributed by atoms with Crippen LogP contribution in [-0.4, -0.2) is 28.2 Å². The normalized spacial score (nSPS) is 20.8. The van der Waals surface area contributed by atoms with Crippen LogP contribution in [0.3, 0.4) is 0 Å². The molecule has 1 saturated carbocycles. The topological polar surface area (TPSA) is 103 Å². The lowest BCUT2D eigenvalue weighted by molar-refractivity contribution is 0.388. The first-order valence-electron chi connectivity index (χ1n) is 9.97. The van der Waals surface area contributed by atoms with Crippen molar-refractivity contribution >= 4 is 30.6 Å². The first-order valence-corrected chi connectivity index (χ1v) is 9.97. The minimum absolute atomic E-state index is 0.0144. The molecule has 29 heavy (non-hydrogen) atoms. The fraction of sp³-hybridized carbons (Fsp3) is 0.381. The Morgan fingerprint density at radius 2 is 2.10 bits per heavy atom. The highest BCUT2D eigenvalue weighted by Crippen LogP contribution is 2.31. The molecular weight excluding hydrogens is 365 g/mol. The molecule has 4 rings (SSSR count). The number of aromatic nitrogens is 2. The molecule has 8 heteroatoms. The summed E-state index contributed by atoms with van der Waals surface area (Å²) in [6, 6.07) is 8.17. The Morgan fingerprint density at radius 3 is 2.93 bits per heavy atom. The van der Waals surface area contributed by atoms with Crippen molar-refractivity contribution in [3.05, 3.63) is 41.0 Å². The summed E-state index contributed by atoms with van der Waals surface area (Å²) in [4.78, 5) is 9.03. The maximum Gasteiger partial charge on any atom is 0.555 e. The SMILES string of the molecule is CC1=Cc2cc(Nc3ncc(C)c(NC4CCCCC4C#N)n3)ccc2OB1O. The minimum Gasteiger partial charge on any atom is -0.532 e. The van der Waals surface area contributed by atoms with Gasteiger partial charge < -0.3 is 20.3 Å². The van der Waals surface area contributed by atoms with Crippen LogP contribution in [0, 0.1) is 24.2 Å². The molecule has 1 aliphatic heterocycles. The number of nitriles is 1. The van der Waals surface area contributed by atoms with Gasteiger partial charge in [0.25, 0.3) is 0 Å². The third-order valence-electron chi connectivity index (χ3n) is 5.50. The van der Waals surface area contributed by atoms with Crippen LogP contribution in [-0.2, 0) is 0 Å². The summed E-state index contributed by atoms with van der Waals surface area (Å²) in [5.74, 6) is 1.90. The standard InChI is InChI=1S/C21H24BN5O2/c1-13-12-24-21(27-20(13)26-18-6-4-3-5-15(18)11-23)25-17-7-8-19-16(10-17)9-14(2)22(28)29-19/h7-10,12,15,18,28H,3-6H2,1-2H3,(H2,24,25,26,27). The summed E-state index contributed by atoms with van der Waals surface area (Å²) in [5.41, 5.74) is 3.42. The monoisotopic (exact) mass is 389 g/mol. The second-order valence-corrected chi connectivity index (χ2v) is 7.73. The largest absolute Gasteiger partial charge is 0.555 e. The zero-order valence-electron chi connectivity index (χ0n) is 16.6. The van der Waals surface area contributed by atoms with E-state index in [1.165, 1.54) is 0 Å². The molecule has 3 N–H and O–H groups in total. The van der Waals surface area contributed by atoms with Gasteiger partial charge in [-0.15, -0.1) is 0 Å². The Kier molecular flexibility index (Phi) is 5.41. The maximum atomic E-state index is 9.80. The zero-order valence-corrected chi connectivity index (χ0v) is 16.6. The van der Waals surface area contributed by atoms with Crippen LogP contribution >= 0.6 is 0 Å². The minimum atomic E-state index is -0.896. The Labute approximate surface area is 171 Å². The van der Waals surface area contributed by atoms with Crippen LogP contribution in [0.2, 0.25) is 0 Å². The molecule has 2 aliphatic rings. The molecule has 1 aliphatic carbocycles. The summed E-state index contributed by atoms with van der Waals surface area (Å²) in [5, 5.41) is 25.9. The molecule has 0 spiro atoms. The fourth-order valence-corrected chi connectivity index (χ4v) is 3.79. The highest BCUT2D eigenvalue weighted by atomic mass is 16.5. The average Bonchev–Trinajstić information content (AvgIpc) is 2.72. The first kappa shape index (κ1) is 19.3. The van der Waals surface area contributed by atoms with E-state index in [4.69, 9.17) is 4.65 Å². The molecule has 7 nitrogen and oxygen atoms in total. The maximum absolute atomic E-state index is 9.80. The molecule has 148 valence electrons. The molecule has 1 fully saturated rings. The first-order chi connectivity index (χ1) is 14.0. The van der Waals surface area contributed by atoms with E-state index in [1.54, 1.807) is 6.20 Å². The van der Waals surface area contributed by atoms with Gasteiger partial charge in [-0.25, -0.2) is 4.98 Å². The Bertz CT molecular complexity index is 988. The van der Waals surface area contributed by atoms with Crippen molar-refractivity contribution in [3.63, 3.8) is 0 Å². The molecule has 1 aromatic heterocycles. The predicted octanol–water partition coefficient (Wildman–Crippen LogP) is 3.84. The number of rotatable bonds is 4. The van der Waals surface area contributed by atoms with Crippen LogP contribution < -0.4 is 15.3 Å². The summed E-state index contributed by atoms with van der Waals surface area (Å²) < 4.78 is 5.48. The van der Waals surface area contributed by atoms with Crippen LogP contribution in [0.1, 0.15) is 43.7 Å². The fourth-order valence-electron chi connectivity index (χ4n) is 3.79.